The number of fused-ring (bicyclic) bond motifs is 1. The number of nitrogens with zero attached hydrogens (tertiary/aromatic N) is 2. The van der Waals surface area contributed by atoms with Crippen LogP contribution in [-0.2, 0) is 5.75 Å². The lowest BCUT2D eigenvalue weighted by Gasteiger charge is -1.96. The Labute approximate surface area is 83.4 Å². The van der Waals surface area contributed by atoms with Gasteiger partial charge in [0.25, 0.3) is 5.56 Å². The zero-order chi connectivity index (χ0) is 9.26. The Morgan fingerprint density at radius 3 is 3.31 bits per heavy atom. The largest absolute Gasteiger partial charge is 0.269 e. The lowest BCUT2D eigenvalue weighted by molar-refractivity contribution is 1.04. The standard InChI is InChI=1S/C8H8N2OS2/c1-12-5-6-4-7(11)10-2-3-13-8(10)9-6/h2-4H,5H2,1H3. The number of thioether (sulfide) groups is 1. The van der Waals surface area contributed by atoms with Gasteiger partial charge in [-0.3, -0.25) is 9.20 Å². The van der Waals surface area contributed by atoms with Crippen LogP contribution in [0.2, 0.25) is 0 Å². The van der Waals surface area contributed by atoms with Gasteiger partial charge in [-0.15, -0.1) is 11.3 Å². The number of aromatic nitrogens is 2. The molecule has 0 aliphatic carbocycles. The van der Waals surface area contributed by atoms with Gasteiger partial charge in [0.1, 0.15) is 0 Å². The number of thiazole rings is 1. The second-order valence-corrected chi connectivity index (χ2v) is 4.31. The fraction of sp³-hybridized carbons (Fsp3) is 0.250. The SMILES string of the molecule is CSCc1cc(=O)n2ccsc2n1. The zero-order valence-electron chi connectivity index (χ0n) is 7.06. The smallest absolute Gasteiger partial charge is 0.258 e. The third-order valence-corrected chi connectivity index (χ3v) is 2.99. The first-order valence-electron chi connectivity index (χ1n) is 3.76. The minimum absolute atomic E-state index is 0.00954. The molecule has 3 nitrogen and oxygen atoms in total. The average Bonchev–Trinajstić information content (AvgIpc) is 2.53. The van der Waals surface area contributed by atoms with Crippen molar-refractivity contribution >= 4 is 28.1 Å². The summed E-state index contributed by atoms with van der Waals surface area (Å²) in [5.41, 5.74) is 0.871. The highest BCUT2D eigenvalue weighted by Crippen LogP contribution is 2.09. The van der Waals surface area contributed by atoms with Crippen molar-refractivity contribution in [2.75, 3.05) is 6.26 Å². The molecule has 0 radical (unpaired) electrons. The molecule has 0 atom stereocenters. The molecule has 0 aliphatic heterocycles. The van der Waals surface area contributed by atoms with Crippen LogP contribution in [0, 0.1) is 0 Å². The van der Waals surface area contributed by atoms with Gasteiger partial charge in [0.15, 0.2) is 4.96 Å². The van der Waals surface area contributed by atoms with Crippen LogP contribution in [0.25, 0.3) is 4.96 Å². The van der Waals surface area contributed by atoms with Gasteiger partial charge in [0.05, 0.1) is 5.69 Å². The van der Waals surface area contributed by atoms with Crippen LogP contribution in [-0.4, -0.2) is 15.6 Å². The maximum atomic E-state index is 11.5. The molecule has 0 N–H and O–H groups in total. The monoisotopic (exact) mass is 212 g/mol. The summed E-state index contributed by atoms with van der Waals surface area (Å²) in [6.07, 6.45) is 3.75. The molecule has 0 unspecified atom stereocenters. The Balaban J connectivity index is 2.63. The maximum absolute atomic E-state index is 11.5. The highest BCUT2D eigenvalue weighted by atomic mass is 32.2. The van der Waals surface area contributed by atoms with E-state index in [1.54, 1.807) is 28.4 Å². The van der Waals surface area contributed by atoms with Gasteiger partial charge in [-0.2, -0.15) is 11.8 Å². The predicted octanol–water partition coefficient (Wildman–Crippen LogP) is 1.62. The molecule has 13 heavy (non-hydrogen) atoms. The Morgan fingerprint density at radius 2 is 2.54 bits per heavy atom. The molecule has 68 valence electrons. The van der Waals surface area contributed by atoms with E-state index in [0.29, 0.717) is 0 Å². The van der Waals surface area contributed by atoms with Crippen LogP contribution >= 0.6 is 23.1 Å². The quantitative estimate of drug-likeness (QED) is 0.758. The maximum Gasteiger partial charge on any atom is 0.258 e. The molecule has 0 fully saturated rings. The van der Waals surface area contributed by atoms with Crippen LogP contribution in [0.5, 0.6) is 0 Å². The Morgan fingerprint density at radius 1 is 1.69 bits per heavy atom. The van der Waals surface area contributed by atoms with E-state index in [2.05, 4.69) is 4.98 Å². The molecule has 2 aromatic rings. The van der Waals surface area contributed by atoms with Gasteiger partial charge >= 0.3 is 0 Å². The second kappa shape index (κ2) is 3.51. The molecule has 5 heteroatoms. The second-order valence-electron chi connectivity index (χ2n) is 2.57. The first-order valence-corrected chi connectivity index (χ1v) is 6.03. The van der Waals surface area contributed by atoms with E-state index in [4.69, 9.17) is 0 Å². The number of rotatable bonds is 2. The lowest BCUT2D eigenvalue weighted by atomic mass is 10.4. The van der Waals surface area contributed by atoms with Crippen LogP contribution in [0.3, 0.4) is 0 Å². The molecule has 0 bridgehead atoms. The van der Waals surface area contributed by atoms with Crippen molar-refractivity contribution < 1.29 is 0 Å². The molecule has 0 saturated carbocycles. The summed E-state index contributed by atoms with van der Waals surface area (Å²) >= 11 is 3.15. The Kier molecular flexibility index (Phi) is 2.37. The Bertz CT molecular complexity index is 474. The third-order valence-electron chi connectivity index (χ3n) is 1.65. The molecule has 0 saturated heterocycles. The Hall–Kier alpha value is -0.810. The van der Waals surface area contributed by atoms with Crippen molar-refractivity contribution in [3.05, 3.63) is 33.7 Å². The number of hydrogen-bond donors (Lipinski definition) is 0. The summed E-state index contributed by atoms with van der Waals surface area (Å²) in [7, 11) is 0. The first kappa shape index (κ1) is 8.77. The minimum atomic E-state index is 0.00954. The molecule has 2 aromatic heterocycles. The van der Waals surface area contributed by atoms with Crippen molar-refractivity contribution in [2.45, 2.75) is 5.75 Å². The minimum Gasteiger partial charge on any atom is -0.269 e. The summed E-state index contributed by atoms with van der Waals surface area (Å²) in [5.74, 6) is 0.795. The molecular weight excluding hydrogens is 204 g/mol. The van der Waals surface area contributed by atoms with E-state index in [0.717, 1.165) is 16.4 Å². The van der Waals surface area contributed by atoms with Crippen LogP contribution in [0.4, 0.5) is 0 Å². The summed E-state index contributed by atoms with van der Waals surface area (Å²) in [4.78, 5) is 16.6. The molecule has 2 heterocycles. The van der Waals surface area contributed by atoms with Crippen LogP contribution in [0.1, 0.15) is 5.69 Å². The normalized spacial score (nSPS) is 10.8. The van der Waals surface area contributed by atoms with Crippen LogP contribution in [0.15, 0.2) is 22.4 Å². The van der Waals surface area contributed by atoms with Gasteiger partial charge < -0.3 is 0 Å². The van der Waals surface area contributed by atoms with E-state index < -0.39 is 0 Å². The molecular formula is C8H8N2OS2. The highest BCUT2D eigenvalue weighted by molar-refractivity contribution is 7.97. The molecule has 0 aliphatic rings. The van der Waals surface area contributed by atoms with E-state index in [9.17, 15) is 4.79 Å². The topological polar surface area (TPSA) is 34.4 Å². The average molecular weight is 212 g/mol. The third kappa shape index (κ3) is 1.62. The molecule has 0 aromatic carbocycles. The molecule has 2 rings (SSSR count). The van der Waals surface area contributed by atoms with Gasteiger partial charge in [0.2, 0.25) is 0 Å². The summed E-state index contributed by atoms with van der Waals surface area (Å²) in [6, 6.07) is 1.59. The van der Waals surface area contributed by atoms with Crippen LogP contribution < -0.4 is 5.56 Å². The van der Waals surface area contributed by atoms with Gasteiger partial charge in [-0.25, -0.2) is 4.98 Å². The summed E-state index contributed by atoms with van der Waals surface area (Å²) in [6.45, 7) is 0. The van der Waals surface area contributed by atoms with Crippen molar-refractivity contribution in [2.24, 2.45) is 0 Å². The number of hydrogen-bond acceptors (Lipinski definition) is 4. The van der Waals surface area contributed by atoms with Crippen molar-refractivity contribution in [1.29, 1.82) is 0 Å². The van der Waals surface area contributed by atoms with Crippen molar-refractivity contribution in [3.8, 4) is 0 Å². The summed E-state index contributed by atoms with van der Waals surface area (Å²) < 4.78 is 1.56. The fourth-order valence-corrected chi connectivity index (χ4v) is 2.29. The van der Waals surface area contributed by atoms with E-state index in [1.807, 2.05) is 11.6 Å². The van der Waals surface area contributed by atoms with E-state index >= 15 is 0 Å². The zero-order valence-corrected chi connectivity index (χ0v) is 8.69. The fourth-order valence-electron chi connectivity index (χ4n) is 1.11. The van der Waals surface area contributed by atoms with E-state index in [-0.39, 0.29) is 5.56 Å². The molecule has 0 amide bonds. The van der Waals surface area contributed by atoms with E-state index in [1.165, 1.54) is 11.3 Å². The molecule has 0 spiro atoms. The van der Waals surface area contributed by atoms with Gasteiger partial charge in [-0.05, 0) is 6.26 Å². The summed E-state index contributed by atoms with van der Waals surface area (Å²) in [5, 5.41) is 1.87. The van der Waals surface area contributed by atoms with Crippen molar-refractivity contribution in [3.63, 3.8) is 0 Å². The van der Waals surface area contributed by atoms with Gasteiger partial charge in [0, 0.05) is 23.4 Å². The lowest BCUT2D eigenvalue weighted by Crippen LogP contribution is -2.12. The van der Waals surface area contributed by atoms with Gasteiger partial charge in [-0.1, -0.05) is 0 Å². The highest BCUT2D eigenvalue weighted by Gasteiger charge is 2.01. The van der Waals surface area contributed by atoms with Crippen molar-refractivity contribution in [1.82, 2.24) is 9.38 Å². The first-order chi connectivity index (χ1) is 6.31. The predicted molar refractivity (Wildman–Crippen MR) is 56.6 cm³/mol.